The van der Waals surface area contributed by atoms with Gasteiger partial charge < -0.3 is 44.7 Å². The molecule has 1 aliphatic rings. The van der Waals surface area contributed by atoms with Gasteiger partial charge >= 0.3 is 0 Å². The summed E-state index contributed by atoms with van der Waals surface area (Å²) < 4.78 is 7.41. The number of ether oxygens (including phenoxy) is 1. The van der Waals surface area contributed by atoms with Gasteiger partial charge in [-0.3, -0.25) is 4.57 Å². The van der Waals surface area contributed by atoms with Crippen LogP contribution < -0.4 is 29.7 Å². The minimum absolute atomic E-state index is 0. The van der Waals surface area contributed by atoms with Crippen LogP contribution in [0.5, 0.6) is 0 Å². The van der Waals surface area contributed by atoms with E-state index in [-0.39, 0.29) is 40.7 Å². The highest BCUT2D eigenvalue weighted by Crippen LogP contribution is 2.32. The molecule has 4 atom stereocenters. The van der Waals surface area contributed by atoms with Crippen molar-refractivity contribution < 1.29 is 38.9 Å². The summed E-state index contributed by atoms with van der Waals surface area (Å²) in [5, 5.41) is 20.4. The number of rotatable bonds is 3. The van der Waals surface area contributed by atoms with E-state index in [2.05, 4.69) is 27.5 Å². The first-order valence-electron chi connectivity index (χ1n) is 6.48. The molecule has 0 bridgehead atoms. The van der Waals surface area contributed by atoms with E-state index in [9.17, 15) is 10.2 Å². The van der Waals surface area contributed by atoms with Crippen molar-refractivity contribution >= 4 is 27.9 Å². The van der Waals surface area contributed by atoms with Gasteiger partial charge in [0.2, 0.25) is 0 Å². The summed E-state index contributed by atoms with van der Waals surface area (Å²) in [6.45, 7) is 0. The third-order valence-corrected chi connectivity index (χ3v) is 4.49. The first-order valence-corrected chi connectivity index (χ1v) is 8.69. The van der Waals surface area contributed by atoms with Gasteiger partial charge in [0.05, 0.1) is 18.8 Å². The fourth-order valence-corrected chi connectivity index (χ4v) is 3.41. The SMILES string of the molecule is C[S+](C)CC1OC(n2cnc3c(N)ncnc32)C(O)C1O.[I-]. The summed E-state index contributed by atoms with van der Waals surface area (Å²) in [7, 11) is 0.0998. The molecule has 4 N–H and O–H groups in total. The lowest BCUT2D eigenvalue weighted by molar-refractivity contribution is -0.0289. The van der Waals surface area contributed by atoms with Gasteiger partial charge in [-0.2, -0.15) is 0 Å². The maximum Gasteiger partial charge on any atom is 0.167 e. The third kappa shape index (κ3) is 3.02. The Balaban J connectivity index is 0.00000176. The zero-order valence-corrected chi connectivity index (χ0v) is 15.1. The molecule has 0 radical (unpaired) electrons. The van der Waals surface area contributed by atoms with Crippen LogP contribution in [0.2, 0.25) is 0 Å². The average Bonchev–Trinajstić information content (AvgIpc) is 2.96. The summed E-state index contributed by atoms with van der Waals surface area (Å²) in [6, 6.07) is 0. The van der Waals surface area contributed by atoms with Gasteiger partial charge in [-0.15, -0.1) is 0 Å². The molecule has 0 spiro atoms. The molecule has 0 aliphatic carbocycles. The van der Waals surface area contributed by atoms with Gasteiger partial charge in [0.1, 0.15) is 35.9 Å². The minimum Gasteiger partial charge on any atom is -1.00 e. The largest absolute Gasteiger partial charge is 1.00 e. The number of nitrogens with two attached hydrogens (primary N) is 1. The fraction of sp³-hybridized carbons (Fsp3) is 0.583. The zero-order valence-electron chi connectivity index (χ0n) is 12.1. The molecule has 2 aromatic rings. The predicted molar refractivity (Wildman–Crippen MR) is 79.7 cm³/mol. The van der Waals surface area contributed by atoms with Gasteiger partial charge in [0, 0.05) is 0 Å². The van der Waals surface area contributed by atoms with Crippen molar-refractivity contribution in [3.63, 3.8) is 0 Å². The van der Waals surface area contributed by atoms with Gasteiger partial charge in [0.15, 0.2) is 17.7 Å². The van der Waals surface area contributed by atoms with Crippen LogP contribution in [0, 0.1) is 0 Å². The number of halogens is 1. The van der Waals surface area contributed by atoms with E-state index in [0.29, 0.717) is 16.9 Å². The zero-order chi connectivity index (χ0) is 15.1. The Morgan fingerprint density at radius 1 is 1.27 bits per heavy atom. The van der Waals surface area contributed by atoms with Crippen LogP contribution in [0.15, 0.2) is 12.7 Å². The molecular formula is C12H18IN5O3S. The highest BCUT2D eigenvalue weighted by atomic mass is 127. The second-order valence-electron chi connectivity index (χ2n) is 5.28. The molecule has 1 fully saturated rings. The first kappa shape index (κ1) is 17.7. The van der Waals surface area contributed by atoms with Gasteiger partial charge in [-0.1, -0.05) is 0 Å². The Hall–Kier alpha value is -0.690. The van der Waals surface area contributed by atoms with Gasteiger partial charge in [-0.25, -0.2) is 15.0 Å². The highest BCUT2D eigenvalue weighted by molar-refractivity contribution is 7.95. The molecule has 22 heavy (non-hydrogen) atoms. The summed E-state index contributed by atoms with van der Waals surface area (Å²) >= 11 is 0. The standard InChI is InChI=1S/C12H18N5O3S.HI/c1-21(2)3-6-8(18)9(19)12(20-6)17-5-16-7-10(13)14-4-15-11(7)17;/h4-6,8-9,12,18-19H,3H2,1-2H3,(H2,13,14,15);1H/q+1;/p-1. The maximum absolute atomic E-state index is 10.2. The minimum atomic E-state index is -1.04. The van der Waals surface area contributed by atoms with Crippen LogP contribution in [0.3, 0.4) is 0 Å². The van der Waals surface area contributed by atoms with Crippen molar-refractivity contribution in [3.8, 4) is 0 Å². The molecule has 1 saturated heterocycles. The van der Waals surface area contributed by atoms with Gasteiger partial charge in [0.25, 0.3) is 0 Å². The predicted octanol–water partition coefficient (Wildman–Crippen LogP) is -4.09. The summed E-state index contributed by atoms with van der Waals surface area (Å²) in [6.07, 6.45) is 3.87. The Morgan fingerprint density at radius 3 is 2.68 bits per heavy atom. The van der Waals surface area contributed by atoms with E-state index >= 15 is 0 Å². The van der Waals surface area contributed by atoms with Crippen molar-refractivity contribution in [2.75, 3.05) is 24.0 Å². The Morgan fingerprint density at radius 2 is 2.00 bits per heavy atom. The normalized spacial score (nSPS) is 28.2. The van der Waals surface area contributed by atoms with E-state index in [0.717, 1.165) is 0 Å². The van der Waals surface area contributed by atoms with Gasteiger partial charge in [-0.05, 0) is 10.9 Å². The number of imidazole rings is 1. The summed E-state index contributed by atoms with van der Waals surface area (Å²) in [5.74, 6) is 0.963. The first-order chi connectivity index (χ1) is 9.99. The van der Waals surface area contributed by atoms with Crippen molar-refractivity contribution in [2.24, 2.45) is 0 Å². The lowest BCUT2D eigenvalue weighted by atomic mass is 10.1. The number of anilines is 1. The summed E-state index contributed by atoms with van der Waals surface area (Å²) in [5.41, 5.74) is 6.68. The molecule has 10 heteroatoms. The molecule has 1 aliphatic heterocycles. The van der Waals surface area contributed by atoms with E-state index in [1.807, 2.05) is 0 Å². The number of nitrogens with zero attached hydrogens (tertiary/aromatic N) is 4. The number of aromatic nitrogens is 4. The lowest BCUT2D eigenvalue weighted by Gasteiger charge is -2.16. The van der Waals surface area contributed by atoms with E-state index in [1.54, 1.807) is 4.57 Å². The smallest absolute Gasteiger partial charge is 0.167 e. The number of nitrogen functional groups attached to an aromatic ring is 1. The van der Waals surface area contributed by atoms with Crippen molar-refractivity contribution in [1.82, 2.24) is 19.5 Å². The topological polar surface area (TPSA) is 119 Å². The van der Waals surface area contributed by atoms with Crippen LogP contribution in [0.25, 0.3) is 11.2 Å². The van der Waals surface area contributed by atoms with E-state index in [4.69, 9.17) is 10.5 Å². The fourth-order valence-electron chi connectivity index (χ4n) is 2.48. The number of aliphatic hydroxyl groups excluding tert-OH is 2. The molecule has 0 saturated carbocycles. The Bertz CT molecular complexity index is 655. The molecule has 3 heterocycles. The van der Waals surface area contributed by atoms with E-state index < -0.39 is 24.5 Å². The van der Waals surface area contributed by atoms with E-state index in [1.165, 1.54) is 12.7 Å². The maximum atomic E-state index is 10.2. The Labute approximate surface area is 147 Å². The number of hydrogen-bond acceptors (Lipinski definition) is 7. The van der Waals surface area contributed by atoms with Crippen LogP contribution in [0.1, 0.15) is 6.23 Å². The number of aliphatic hydroxyl groups is 2. The van der Waals surface area contributed by atoms with Crippen LogP contribution in [-0.4, -0.2) is 66.3 Å². The number of fused-ring (bicyclic) bond motifs is 1. The molecule has 2 aromatic heterocycles. The van der Waals surface area contributed by atoms with Crippen molar-refractivity contribution in [3.05, 3.63) is 12.7 Å². The molecule has 0 aromatic carbocycles. The summed E-state index contributed by atoms with van der Waals surface area (Å²) in [4.78, 5) is 12.2. The van der Waals surface area contributed by atoms with Crippen LogP contribution in [-0.2, 0) is 15.6 Å². The third-order valence-electron chi connectivity index (χ3n) is 3.50. The quantitative estimate of drug-likeness (QED) is 0.329. The number of hydrogen-bond donors (Lipinski definition) is 3. The molecule has 3 rings (SSSR count). The molecule has 122 valence electrons. The van der Waals surface area contributed by atoms with Crippen LogP contribution in [0.4, 0.5) is 5.82 Å². The molecule has 0 amide bonds. The lowest BCUT2D eigenvalue weighted by Crippen LogP contribution is -3.00. The van der Waals surface area contributed by atoms with Crippen molar-refractivity contribution in [1.29, 1.82) is 0 Å². The van der Waals surface area contributed by atoms with Crippen molar-refractivity contribution in [2.45, 2.75) is 24.5 Å². The molecule has 4 unspecified atom stereocenters. The molecule has 8 nitrogen and oxygen atoms in total. The second-order valence-corrected chi connectivity index (χ2v) is 7.59. The Kier molecular flexibility index (Phi) is 5.48. The molecular weight excluding hydrogens is 421 g/mol. The second kappa shape index (κ2) is 6.83. The van der Waals surface area contributed by atoms with Crippen LogP contribution >= 0.6 is 0 Å². The average molecular weight is 439 g/mol. The highest BCUT2D eigenvalue weighted by Gasteiger charge is 2.46. The monoisotopic (exact) mass is 439 g/mol.